The molecule has 0 bridgehead atoms. The maximum atomic E-state index is 13.2. The number of aryl methyl sites for hydroxylation is 1. The highest BCUT2D eigenvalue weighted by atomic mass is 35.5. The fourth-order valence-corrected chi connectivity index (χ4v) is 4.23. The molecule has 29 heavy (non-hydrogen) atoms. The molecule has 0 fully saturated rings. The van der Waals surface area contributed by atoms with Crippen molar-refractivity contribution < 1.29 is 17.6 Å². The second-order valence-electron chi connectivity index (χ2n) is 6.06. The van der Waals surface area contributed by atoms with Gasteiger partial charge in [0.05, 0.1) is 23.1 Å². The van der Waals surface area contributed by atoms with E-state index in [4.69, 9.17) is 16.0 Å². The maximum absolute atomic E-state index is 13.2. The lowest BCUT2D eigenvalue weighted by molar-refractivity contribution is -0.119. The number of hydrogen-bond donors (Lipinski definition) is 1. The number of hydrogen-bond acceptors (Lipinski definition) is 5. The normalized spacial score (nSPS) is 11.5. The molecule has 0 aliphatic carbocycles. The monoisotopic (exact) mass is 431 g/mol. The van der Waals surface area contributed by atoms with Gasteiger partial charge in [-0.1, -0.05) is 35.9 Å². The first kappa shape index (κ1) is 20.6. The van der Waals surface area contributed by atoms with E-state index >= 15 is 0 Å². The van der Waals surface area contributed by atoms with Crippen LogP contribution in [-0.4, -0.2) is 27.1 Å². The van der Waals surface area contributed by atoms with Crippen molar-refractivity contribution in [3.63, 3.8) is 0 Å². The third-order valence-corrected chi connectivity index (χ3v) is 5.99. The first-order chi connectivity index (χ1) is 13.9. The molecule has 1 amide bonds. The van der Waals surface area contributed by atoms with E-state index in [1.807, 2.05) is 0 Å². The summed E-state index contributed by atoms with van der Waals surface area (Å²) < 4.78 is 32.6. The fourth-order valence-electron chi connectivity index (χ4n) is 2.57. The molecular formula is C20H18ClN3O4S. The second kappa shape index (κ2) is 8.93. The van der Waals surface area contributed by atoms with E-state index in [2.05, 4.69) is 10.5 Å². The van der Waals surface area contributed by atoms with Crippen molar-refractivity contribution in [3.05, 3.63) is 83.3 Å². The molecule has 0 unspecified atom stereocenters. The van der Waals surface area contributed by atoms with Crippen molar-refractivity contribution in [1.82, 2.24) is 5.43 Å². The minimum absolute atomic E-state index is 0.0614. The number of rotatable bonds is 7. The van der Waals surface area contributed by atoms with Crippen LogP contribution in [0.5, 0.6) is 0 Å². The summed E-state index contributed by atoms with van der Waals surface area (Å²) in [6.45, 7) is 1.26. The molecule has 9 heteroatoms. The second-order valence-corrected chi connectivity index (χ2v) is 8.36. The van der Waals surface area contributed by atoms with E-state index in [1.165, 1.54) is 30.7 Å². The van der Waals surface area contributed by atoms with E-state index in [0.717, 1.165) is 4.31 Å². The number of anilines is 1. The first-order valence-corrected chi connectivity index (χ1v) is 10.4. The Kier molecular flexibility index (Phi) is 6.36. The van der Waals surface area contributed by atoms with Gasteiger partial charge in [-0.3, -0.25) is 9.10 Å². The van der Waals surface area contributed by atoms with Crippen molar-refractivity contribution in [2.45, 2.75) is 11.8 Å². The van der Waals surface area contributed by atoms with Crippen LogP contribution in [0.25, 0.3) is 0 Å². The summed E-state index contributed by atoms with van der Waals surface area (Å²) in [4.78, 5) is 12.5. The summed E-state index contributed by atoms with van der Waals surface area (Å²) in [5, 5.41) is 4.15. The van der Waals surface area contributed by atoms with Crippen LogP contribution in [0.15, 0.2) is 81.3 Å². The molecule has 150 valence electrons. The number of nitrogens with zero attached hydrogens (tertiary/aromatic N) is 2. The molecule has 0 atom stereocenters. The molecule has 0 aliphatic heterocycles. The highest BCUT2D eigenvalue weighted by molar-refractivity contribution is 7.92. The van der Waals surface area contributed by atoms with Crippen LogP contribution >= 0.6 is 11.6 Å². The highest BCUT2D eigenvalue weighted by Gasteiger charge is 2.28. The molecule has 3 rings (SSSR count). The van der Waals surface area contributed by atoms with Crippen LogP contribution in [0.1, 0.15) is 11.3 Å². The third-order valence-electron chi connectivity index (χ3n) is 3.98. The zero-order chi connectivity index (χ0) is 20.9. The summed E-state index contributed by atoms with van der Waals surface area (Å²) in [6.07, 6.45) is 2.79. The number of hydrazone groups is 1. The smallest absolute Gasteiger partial charge is 0.264 e. The van der Waals surface area contributed by atoms with Gasteiger partial charge < -0.3 is 4.42 Å². The number of benzene rings is 2. The Morgan fingerprint density at radius 2 is 1.93 bits per heavy atom. The number of carbonyl (C=O) groups is 1. The summed E-state index contributed by atoms with van der Waals surface area (Å²) in [5.41, 5.74) is 3.28. The Bertz CT molecular complexity index is 1110. The zero-order valence-electron chi connectivity index (χ0n) is 15.4. The van der Waals surface area contributed by atoms with Crippen molar-refractivity contribution >= 4 is 39.4 Å². The Labute approximate surface area is 173 Å². The number of amides is 1. The number of carbonyl (C=O) groups excluding carboxylic acids is 1. The van der Waals surface area contributed by atoms with Crippen LogP contribution in [0.3, 0.4) is 0 Å². The van der Waals surface area contributed by atoms with Crippen LogP contribution in [0.4, 0.5) is 5.69 Å². The molecule has 0 radical (unpaired) electrons. The SMILES string of the molecule is Cc1ccc(Cl)cc1N(CC(=O)N/N=C\c1ccco1)S(=O)(=O)c1ccccc1. The Hall–Kier alpha value is -3.10. The van der Waals surface area contributed by atoms with Gasteiger partial charge in [-0.15, -0.1) is 0 Å². The summed E-state index contributed by atoms with van der Waals surface area (Å²) in [6, 6.07) is 16.1. The lowest BCUT2D eigenvalue weighted by atomic mass is 10.2. The molecule has 0 saturated heterocycles. The van der Waals surface area contributed by atoms with Crippen LogP contribution in [0.2, 0.25) is 5.02 Å². The van der Waals surface area contributed by atoms with Gasteiger partial charge in [0.1, 0.15) is 12.3 Å². The molecule has 2 aromatic carbocycles. The number of sulfonamides is 1. The predicted octanol–water partition coefficient (Wildman–Crippen LogP) is 3.59. The fraction of sp³-hybridized carbons (Fsp3) is 0.100. The largest absolute Gasteiger partial charge is 0.463 e. The van der Waals surface area contributed by atoms with Gasteiger partial charge in [-0.05, 0) is 48.9 Å². The minimum atomic E-state index is -4.01. The average molecular weight is 432 g/mol. The number of nitrogens with one attached hydrogen (secondary N) is 1. The van der Waals surface area contributed by atoms with Gasteiger partial charge >= 0.3 is 0 Å². The van der Waals surface area contributed by atoms with Gasteiger partial charge in [0.2, 0.25) is 0 Å². The van der Waals surface area contributed by atoms with Crippen molar-refractivity contribution in [3.8, 4) is 0 Å². The Morgan fingerprint density at radius 1 is 1.17 bits per heavy atom. The van der Waals surface area contributed by atoms with Gasteiger partial charge in [0, 0.05) is 5.02 Å². The quantitative estimate of drug-likeness (QED) is 0.457. The third kappa shape index (κ3) is 5.04. The number of halogens is 1. The molecule has 7 nitrogen and oxygen atoms in total. The predicted molar refractivity (Wildman–Crippen MR) is 112 cm³/mol. The lowest BCUT2D eigenvalue weighted by Crippen LogP contribution is -2.40. The van der Waals surface area contributed by atoms with Crippen LogP contribution in [-0.2, 0) is 14.8 Å². The number of furan rings is 1. The van der Waals surface area contributed by atoms with Crippen LogP contribution in [0, 0.1) is 6.92 Å². The van der Waals surface area contributed by atoms with E-state index in [-0.39, 0.29) is 4.90 Å². The topological polar surface area (TPSA) is 92.0 Å². The van der Waals surface area contributed by atoms with E-state index in [0.29, 0.717) is 22.0 Å². The summed E-state index contributed by atoms with van der Waals surface area (Å²) in [5.74, 6) is -0.170. The van der Waals surface area contributed by atoms with E-state index < -0.39 is 22.5 Å². The van der Waals surface area contributed by atoms with E-state index in [9.17, 15) is 13.2 Å². The molecule has 0 saturated carbocycles. The maximum Gasteiger partial charge on any atom is 0.264 e. The molecule has 1 N–H and O–H groups in total. The lowest BCUT2D eigenvalue weighted by Gasteiger charge is -2.25. The molecular weight excluding hydrogens is 414 g/mol. The molecule has 3 aromatic rings. The van der Waals surface area contributed by atoms with Gasteiger partial charge in [0.15, 0.2) is 0 Å². The molecule has 0 spiro atoms. The van der Waals surface area contributed by atoms with Crippen LogP contribution < -0.4 is 9.73 Å². The standard InChI is InChI=1S/C20H18ClN3O4S/c1-15-9-10-16(21)12-19(15)24(29(26,27)18-7-3-2-4-8-18)14-20(25)23-22-13-17-6-5-11-28-17/h2-13H,14H2,1H3,(H,23,25)/b22-13-. The van der Waals surface area contributed by atoms with E-state index in [1.54, 1.807) is 49.4 Å². The zero-order valence-corrected chi connectivity index (χ0v) is 17.0. The summed E-state index contributed by atoms with van der Waals surface area (Å²) in [7, 11) is -4.01. The summed E-state index contributed by atoms with van der Waals surface area (Å²) >= 11 is 6.08. The van der Waals surface area contributed by atoms with Crippen molar-refractivity contribution in [2.24, 2.45) is 5.10 Å². The van der Waals surface area contributed by atoms with Crippen molar-refractivity contribution in [2.75, 3.05) is 10.8 Å². The molecule has 1 aromatic heterocycles. The minimum Gasteiger partial charge on any atom is -0.463 e. The van der Waals surface area contributed by atoms with Gasteiger partial charge in [0.25, 0.3) is 15.9 Å². The first-order valence-electron chi connectivity index (χ1n) is 8.57. The molecule has 0 aliphatic rings. The molecule has 1 heterocycles. The van der Waals surface area contributed by atoms with Crippen molar-refractivity contribution in [1.29, 1.82) is 0 Å². The van der Waals surface area contributed by atoms with Gasteiger partial charge in [-0.25, -0.2) is 13.8 Å². The Morgan fingerprint density at radius 3 is 2.62 bits per heavy atom. The van der Waals surface area contributed by atoms with Gasteiger partial charge in [-0.2, -0.15) is 5.10 Å². The highest BCUT2D eigenvalue weighted by Crippen LogP contribution is 2.29. The Balaban J connectivity index is 1.91. The average Bonchev–Trinajstić information content (AvgIpc) is 3.22.